The van der Waals surface area contributed by atoms with E-state index in [1.54, 1.807) is 30.9 Å². The summed E-state index contributed by atoms with van der Waals surface area (Å²) in [5, 5.41) is 14.7. The fraction of sp³-hybridized carbons (Fsp3) is 0.744. The number of sulfonamides is 1. The number of methoxy groups -OCH3 is 2. The molecular weight excluding hydrogens is 713 g/mol. The molecule has 15 heteroatoms. The highest BCUT2D eigenvalue weighted by Crippen LogP contribution is 2.38. The Labute approximate surface area is 322 Å². The Kier molecular flexibility index (Phi) is 15.5. The minimum atomic E-state index is -3.89. The third-order valence-corrected chi connectivity index (χ3v) is 12.8. The van der Waals surface area contributed by atoms with Crippen LogP contribution in [0.5, 0.6) is 0 Å². The summed E-state index contributed by atoms with van der Waals surface area (Å²) >= 11 is 0. The molecule has 0 spiro atoms. The number of nitrogens with one attached hydrogen (secondary N) is 3. The van der Waals surface area contributed by atoms with Crippen molar-refractivity contribution < 1.29 is 37.1 Å². The minimum absolute atomic E-state index is 0.00207. The first-order valence-electron chi connectivity index (χ1n) is 19.5. The van der Waals surface area contributed by atoms with Crippen LogP contribution in [0.3, 0.4) is 0 Å². The van der Waals surface area contributed by atoms with E-state index in [9.17, 15) is 27.6 Å². The topological polar surface area (TPSA) is 189 Å². The van der Waals surface area contributed by atoms with Crippen LogP contribution in [0.4, 0.5) is 0 Å². The number of nitrogens with zero attached hydrogens (tertiary/aromatic N) is 2. The fourth-order valence-corrected chi connectivity index (χ4v) is 9.46. The molecule has 1 aromatic carbocycles. The van der Waals surface area contributed by atoms with Crippen LogP contribution in [0, 0.1) is 23.7 Å². The first kappa shape index (κ1) is 43.6. The maximum Gasteiger partial charge on any atom is 0.245 e. The van der Waals surface area contributed by atoms with E-state index < -0.39 is 64.0 Å². The number of benzene rings is 1. The Morgan fingerprint density at radius 1 is 1.04 bits per heavy atom. The number of rotatable bonds is 20. The number of hydrogen-bond donors (Lipinski definition) is 4. The first-order chi connectivity index (χ1) is 25.5. The molecule has 3 heterocycles. The van der Waals surface area contributed by atoms with Crippen LogP contribution in [0.15, 0.2) is 30.3 Å². The molecule has 9 atom stereocenters. The summed E-state index contributed by atoms with van der Waals surface area (Å²) in [6.07, 6.45) is 2.99. The van der Waals surface area contributed by atoms with Crippen molar-refractivity contribution in [3.63, 3.8) is 0 Å². The molecule has 0 unspecified atom stereocenters. The zero-order valence-corrected chi connectivity index (χ0v) is 34.1. The Morgan fingerprint density at radius 3 is 2.24 bits per heavy atom. The Morgan fingerprint density at radius 2 is 1.70 bits per heavy atom. The number of amides is 4. The van der Waals surface area contributed by atoms with Gasteiger partial charge in [-0.15, -0.1) is 0 Å². The van der Waals surface area contributed by atoms with E-state index in [4.69, 9.17) is 14.6 Å². The summed E-state index contributed by atoms with van der Waals surface area (Å²) in [6, 6.07) is 6.98. The van der Waals surface area contributed by atoms with Crippen LogP contribution in [0.25, 0.3) is 0 Å². The second kappa shape index (κ2) is 19.2. The molecule has 14 nitrogen and oxygen atoms in total. The van der Waals surface area contributed by atoms with E-state index in [0.29, 0.717) is 31.3 Å². The lowest BCUT2D eigenvalue weighted by molar-refractivity contribution is -0.147. The van der Waals surface area contributed by atoms with Crippen molar-refractivity contribution in [1.29, 1.82) is 0 Å². The minimum Gasteiger partial charge on any atom is -0.379 e. The molecule has 3 saturated heterocycles. The van der Waals surface area contributed by atoms with Gasteiger partial charge >= 0.3 is 0 Å². The molecule has 4 aliphatic rings. The van der Waals surface area contributed by atoms with Crippen LogP contribution in [0.2, 0.25) is 0 Å². The summed E-state index contributed by atoms with van der Waals surface area (Å²) in [5.41, 5.74) is 0.854. The van der Waals surface area contributed by atoms with Crippen molar-refractivity contribution in [2.75, 3.05) is 33.6 Å². The molecule has 54 heavy (non-hydrogen) atoms. The van der Waals surface area contributed by atoms with Crippen molar-refractivity contribution in [2.45, 2.75) is 128 Å². The highest BCUT2D eigenvalue weighted by atomic mass is 32.2. The highest BCUT2D eigenvalue weighted by Gasteiger charge is 2.48. The largest absolute Gasteiger partial charge is 0.379 e. The maximum atomic E-state index is 14.2. The highest BCUT2D eigenvalue weighted by molar-refractivity contribution is 7.89. The number of fused-ring (bicyclic) bond motifs is 1. The second-order valence-electron chi connectivity index (χ2n) is 16.1. The molecule has 1 aliphatic carbocycles. The predicted octanol–water partition coefficient (Wildman–Crippen LogP) is 1.81. The van der Waals surface area contributed by atoms with Gasteiger partial charge in [-0.2, -0.15) is 0 Å². The maximum absolute atomic E-state index is 14.2. The SMILES string of the molecule is CC[C@H](C)[C@@H]([C@@H](CC(=O)N1CCC[C@H]1[C@H](OC)[C@@H](C)C(=O)N[C@@H](Cc1ccccc1)CS(N)(=O)=O)OC)N(C)C(=O)[C@@H](NC(=O)[C@H]1NC2CC1C2)C(C)C. The molecule has 304 valence electrons. The summed E-state index contributed by atoms with van der Waals surface area (Å²) in [6.45, 7) is 10.1. The van der Waals surface area contributed by atoms with Gasteiger partial charge in [-0.25, -0.2) is 13.6 Å². The zero-order chi connectivity index (χ0) is 39.9. The van der Waals surface area contributed by atoms with Crippen molar-refractivity contribution in [2.24, 2.45) is 28.8 Å². The molecule has 5 rings (SSSR count). The van der Waals surface area contributed by atoms with Crippen LogP contribution in [-0.4, -0.2) is 124 Å². The summed E-state index contributed by atoms with van der Waals surface area (Å²) in [4.78, 5) is 58.7. The van der Waals surface area contributed by atoms with Crippen LogP contribution in [0.1, 0.15) is 78.7 Å². The second-order valence-corrected chi connectivity index (χ2v) is 17.8. The lowest BCUT2D eigenvalue weighted by Gasteiger charge is -2.41. The molecule has 4 fully saturated rings. The zero-order valence-electron chi connectivity index (χ0n) is 33.3. The first-order valence-corrected chi connectivity index (χ1v) is 21.2. The van der Waals surface area contributed by atoms with Gasteiger partial charge in [0, 0.05) is 39.9 Å². The van der Waals surface area contributed by atoms with E-state index >= 15 is 0 Å². The molecule has 1 saturated carbocycles. The average Bonchev–Trinajstić information content (AvgIpc) is 3.87. The summed E-state index contributed by atoms with van der Waals surface area (Å²) in [7, 11) is 0.887. The molecule has 1 aromatic rings. The van der Waals surface area contributed by atoms with Gasteiger partial charge in [0.15, 0.2) is 0 Å². The monoisotopic (exact) mass is 776 g/mol. The summed E-state index contributed by atoms with van der Waals surface area (Å²) < 4.78 is 36.1. The molecular formula is C39H64N6O8S. The molecule has 3 aliphatic heterocycles. The van der Waals surface area contributed by atoms with E-state index in [2.05, 4.69) is 16.0 Å². The fourth-order valence-electron chi connectivity index (χ4n) is 8.70. The summed E-state index contributed by atoms with van der Waals surface area (Å²) in [5.74, 6) is -1.99. The predicted molar refractivity (Wildman–Crippen MR) is 206 cm³/mol. The number of likely N-dealkylation sites (N-methyl/N-ethyl adjacent to an activating group) is 1. The molecule has 0 aromatic heterocycles. The number of nitrogens with two attached hydrogens (primary N) is 1. The van der Waals surface area contributed by atoms with Crippen LogP contribution in [-0.2, 0) is 45.1 Å². The molecule has 2 bridgehead atoms. The molecule has 0 radical (unpaired) electrons. The van der Waals surface area contributed by atoms with Crippen LogP contribution < -0.4 is 21.1 Å². The Hall–Kier alpha value is -3.11. The average molecular weight is 777 g/mol. The Bertz CT molecular complexity index is 1540. The van der Waals surface area contributed by atoms with Crippen LogP contribution >= 0.6 is 0 Å². The van der Waals surface area contributed by atoms with Gasteiger partial charge in [0.25, 0.3) is 0 Å². The third-order valence-electron chi connectivity index (χ3n) is 11.9. The van der Waals surface area contributed by atoms with Gasteiger partial charge in [0.2, 0.25) is 33.7 Å². The quantitative estimate of drug-likeness (QED) is 0.153. The lowest BCUT2D eigenvalue weighted by Crippen LogP contribution is -2.59. The third kappa shape index (κ3) is 10.8. The van der Waals surface area contributed by atoms with E-state index in [1.165, 1.54) is 7.11 Å². The van der Waals surface area contributed by atoms with E-state index in [-0.39, 0.29) is 48.4 Å². The number of likely N-dealkylation sites (tertiary alicyclic amines) is 1. The van der Waals surface area contributed by atoms with Crippen molar-refractivity contribution in [1.82, 2.24) is 25.8 Å². The smallest absolute Gasteiger partial charge is 0.245 e. The van der Waals surface area contributed by atoms with Crippen molar-refractivity contribution in [3.05, 3.63) is 35.9 Å². The standard InChI is InChI=1S/C39H64N6O8S/c1-9-24(4)35(44(6)39(49)33(23(2)3)43-38(48)34-27-19-28(20-27)41-34)31(52-7)21-32(46)45-17-13-16-30(45)36(53-8)25(5)37(47)42-29(22-54(40,50)51)18-26-14-11-10-12-15-26/h10-12,14-15,23-25,27-31,33-36,41H,9,13,16-22H2,1-8H3,(H,42,47)(H,43,48)(H2,40,50,51)/t24-,25+,27?,28?,29-,30-,31+,33-,34-,35-,36+/m0/s1. The lowest BCUT2D eigenvalue weighted by atomic mass is 9.82. The Balaban J connectivity index is 1.46. The molecule has 5 N–H and O–H groups in total. The number of carbonyl (C=O) groups is 4. The van der Waals surface area contributed by atoms with Gasteiger partial charge in [0.05, 0.1) is 48.4 Å². The van der Waals surface area contributed by atoms with Gasteiger partial charge in [0.1, 0.15) is 6.04 Å². The van der Waals surface area contributed by atoms with Gasteiger partial charge in [-0.3, -0.25) is 19.2 Å². The number of hydrogen-bond acceptors (Lipinski definition) is 9. The van der Waals surface area contributed by atoms with Crippen molar-refractivity contribution >= 4 is 33.7 Å². The van der Waals surface area contributed by atoms with Crippen molar-refractivity contribution in [3.8, 4) is 0 Å². The van der Waals surface area contributed by atoms with Gasteiger partial charge < -0.3 is 35.2 Å². The van der Waals surface area contributed by atoms with E-state index in [1.807, 2.05) is 58.0 Å². The number of carbonyl (C=O) groups excluding carboxylic acids is 4. The number of ether oxygens (including phenoxy) is 2. The van der Waals surface area contributed by atoms with Gasteiger partial charge in [-0.05, 0) is 55.4 Å². The number of primary sulfonamides is 1. The van der Waals surface area contributed by atoms with E-state index in [0.717, 1.165) is 24.8 Å². The molecule has 4 amide bonds. The normalized spacial score (nSPS) is 24.8. The van der Waals surface area contributed by atoms with Gasteiger partial charge in [-0.1, -0.05) is 71.4 Å².